The third-order valence-electron chi connectivity index (χ3n) is 3.70. The van der Waals surface area contributed by atoms with E-state index in [-0.39, 0.29) is 5.41 Å². The Morgan fingerprint density at radius 3 is 2.60 bits per heavy atom. The molecule has 25 heavy (non-hydrogen) atoms. The van der Waals surface area contributed by atoms with Crippen molar-refractivity contribution in [1.29, 1.82) is 5.26 Å². The molecular formula is C19H18N4OS. The first-order valence-corrected chi connectivity index (χ1v) is 8.87. The molecule has 0 amide bonds. The summed E-state index contributed by atoms with van der Waals surface area (Å²) < 4.78 is 5.32. The van der Waals surface area contributed by atoms with Crippen LogP contribution >= 0.6 is 11.8 Å². The molecule has 0 saturated carbocycles. The van der Waals surface area contributed by atoms with Gasteiger partial charge in [0.1, 0.15) is 11.1 Å². The lowest BCUT2D eigenvalue weighted by Gasteiger charge is -2.18. The molecule has 126 valence electrons. The molecule has 2 heterocycles. The Labute approximate surface area is 151 Å². The van der Waals surface area contributed by atoms with Gasteiger partial charge in [-0.1, -0.05) is 62.0 Å². The van der Waals surface area contributed by atoms with Gasteiger partial charge in [0, 0.05) is 11.8 Å². The van der Waals surface area contributed by atoms with E-state index in [9.17, 15) is 0 Å². The smallest absolute Gasteiger partial charge is 0.237 e. The molecule has 0 fully saturated rings. The molecule has 2 aromatic heterocycles. The Morgan fingerprint density at radius 1 is 1.16 bits per heavy atom. The Morgan fingerprint density at radius 2 is 1.92 bits per heavy atom. The zero-order valence-corrected chi connectivity index (χ0v) is 15.2. The number of benzene rings is 1. The summed E-state index contributed by atoms with van der Waals surface area (Å²) in [5.74, 6) is 1.55. The molecule has 5 nitrogen and oxygen atoms in total. The molecule has 0 aliphatic heterocycles. The second-order valence-corrected chi connectivity index (χ2v) is 7.56. The Hall–Kier alpha value is -2.65. The zero-order valence-electron chi connectivity index (χ0n) is 14.4. The van der Waals surface area contributed by atoms with E-state index >= 15 is 0 Å². The van der Waals surface area contributed by atoms with Crippen molar-refractivity contribution in [2.75, 3.05) is 0 Å². The molecule has 0 radical (unpaired) electrons. The van der Waals surface area contributed by atoms with E-state index in [0.717, 1.165) is 5.56 Å². The number of nitriles is 1. The first-order chi connectivity index (χ1) is 12.0. The van der Waals surface area contributed by atoms with Crippen LogP contribution in [0.25, 0.3) is 11.4 Å². The fourth-order valence-corrected chi connectivity index (χ4v) is 3.05. The number of hydrogen-bond donors (Lipinski definition) is 0. The molecule has 0 saturated heterocycles. The highest BCUT2D eigenvalue weighted by Crippen LogP contribution is 2.26. The van der Waals surface area contributed by atoms with Gasteiger partial charge in [0.2, 0.25) is 11.7 Å². The number of pyridine rings is 1. The van der Waals surface area contributed by atoms with E-state index in [4.69, 9.17) is 9.78 Å². The van der Waals surface area contributed by atoms with Crippen LogP contribution in [0.1, 0.15) is 37.8 Å². The van der Waals surface area contributed by atoms with Gasteiger partial charge in [-0.15, -0.1) is 0 Å². The van der Waals surface area contributed by atoms with Crippen LogP contribution in [0.5, 0.6) is 0 Å². The molecular weight excluding hydrogens is 332 g/mol. The van der Waals surface area contributed by atoms with Gasteiger partial charge in [-0.05, 0) is 23.1 Å². The summed E-state index contributed by atoms with van der Waals surface area (Å²) >= 11 is 1.41. The lowest BCUT2D eigenvalue weighted by Crippen LogP contribution is -2.10. The predicted molar refractivity (Wildman–Crippen MR) is 96.9 cm³/mol. The Balaban J connectivity index is 1.71. The van der Waals surface area contributed by atoms with E-state index < -0.39 is 0 Å². The van der Waals surface area contributed by atoms with Gasteiger partial charge in [-0.3, -0.25) is 0 Å². The van der Waals surface area contributed by atoms with E-state index in [0.29, 0.717) is 28.1 Å². The summed E-state index contributed by atoms with van der Waals surface area (Å²) in [6.07, 6.45) is 1.67. The van der Waals surface area contributed by atoms with Crippen molar-refractivity contribution >= 4 is 11.8 Å². The average molecular weight is 350 g/mol. The molecule has 0 bridgehead atoms. The summed E-state index contributed by atoms with van der Waals surface area (Å²) in [5, 5.41) is 13.8. The number of nitrogens with zero attached hydrogens (tertiary/aromatic N) is 4. The summed E-state index contributed by atoms with van der Waals surface area (Å²) in [7, 11) is 0. The summed E-state index contributed by atoms with van der Waals surface area (Å²) in [6, 6.07) is 13.8. The predicted octanol–water partition coefficient (Wildman–Crippen LogP) is 4.59. The molecule has 3 aromatic rings. The maximum absolute atomic E-state index is 9.09. The third kappa shape index (κ3) is 4.06. The molecule has 1 aromatic carbocycles. The maximum Gasteiger partial charge on any atom is 0.237 e. The van der Waals surface area contributed by atoms with E-state index in [1.54, 1.807) is 18.3 Å². The second-order valence-electron chi connectivity index (χ2n) is 6.60. The van der Waals surface area contributed by atoms with Crippen LogP contribution in [0.15, 0.2) is 52.1 Å². The van der Waals surface area contributed by atoms with Crippen LogP contribution in [0.4, 0.5) is 0 Å². The van der Waals surface area contributed by atoms with E-state index in [1.807, 2.05) is 12.1 Å². The van der Waals surface area contributed by atoms with Crippen LogP contribution in [0.3, 0.4) is 0 Å². The molecule has 0 aliphatic rings. The fraction of sp³-hybridized carbons (Fsp3) is 0.263. The molecule has 3 rings (SSSR count). The minimum absolute atomic E-state index is 0.110. The van der Waals surface area contributed by atoms with Crippen molar-refractivity contribution in [1.82, 2.24) is 15.1 Å². The van der Waals surface area contributed by atoms with E-state index in [2.05, 4.69) is 54.1 Å². The van der Waals surface area contributed by atoms with Crippen LogP contribution in [-0.4, -0.2) is 15.1 Å². The van der Waals surface area contributed by atoms with Crippen molar-refractivity contribution < 1.29 is 4.52 Å². The number of thioether (sulfide) groups is 1. The lowest BCUT2D eigenvalue weighted by atomic mass is 9.87. The molecule has 0 atom stereocenters. The van der Waals surface area contributed by atoms with Crippen LogP contribution < -0.4 is 0 Å². The first kappa shape index (κ1) is 17.2. The van der Waals surface area contributed by atoms with Gasteiger partial charge >= 0.3 is 0 Å². The largest absolute Gasteiger partial charge is 0.338 e. The number of aromatic nitrogens is 3. The van der Waals surface area contributed by atoms with Gasteiger partial charge in [-0.2, -0.15) is 10.2 Å². The first-order valence-electron chi connectivity index (χ1n) is 7.89. The van der Waals surface area contributed by atoms with Crippen LogP contribution in [0, 0.1) is 11.3 Å². The highest BCUT2D eigenvalue weighted by molar-refractivity contribution is 7.98. The molecule has 0 aliphatic carbocycles. The molecule has 0 spiro atoms. The van der Waals surface area contributed by atoms with E-state index in [1.165, 1.54) is 17.3 Å². The van der Waals surface area contributed by atoms with Gasteiger partial charge < -0.3 is 4.52 Å². The highest BCUT2D eigenvalue weighted by atomic mass is 32.2. The Bertz CT molecular complexity index is 904. The molecule has 0 unspecified atom stereocenters. The van der Waals surface area contributed by atoms with Gasteiger partial charge in [0.05, 0.1) is 11.3 Å². The van der Waals surface area contributed by atoms with Gasteiger partial charge in [-0.25, -0.2) is 4.98 Å². The lowest BCUT2D eigenvalue weighted by molar-refractivity contribution is 0.391. The normalized spacial score (nSPS) is 11.3. The standard InChI is InChI=1S/C19H18N4OS/c1-19(2,3)15-8-6-13(7-9-15)17-22-16(24-23-17)12-25-18-14(11-20)5-4-10-21-18/h4-10H,12H2,1-3H3. The number of hydrogen-bond acceptors (Lipinski definition) is 6. The summed E-state index contributed by atoms with van der Waals surface area (Å²) in [6.45, 7) is 6.54. The zero-order chi connectivity index (χ0) is 17.9. The van der Waals surface area contributed by atoms with Crippen molar-refractivity contribution in [2.24, 2.45) is 0 Å². The summed E-state index contributed by atoms with van der Waals surface area (Å²) in [5.41, 5.74) is 2.84. The molecule has 6 heteroatoms. The average Bonchev–Trinajstić information content (AvgIpc) is 3.08. The summed E-state index contributed by atoms with van der Waals surface area (Å²) in [4.78, 5) is 8.65. The van der Waals surface area contributed by atoms with Crippen LogP contribution in [0.2, 0.25) is 0 Å². The van der Waals surface area contributed by atoms with Crippen molar-refractivity contribution in [3.8, 4) is 17.5 Å². The minimum Gasteiger partial charge on any atom is -0.338 e. The van der Waals surface area contributed by atoms with Crippen molar-refractivity contribution in [3.05, 3.63) is 59.6 Å². The number of rotatable bonds is 4. The maximum atomic E-state index is 9.09. The Kier molecular flexibility index (Phi) is 4.86. The van der Waals surface area contributed by atoms with Crippen molar-refractivity contribution in [3.63, 3.8) is 0 Å². The quantitative estimate of drug-likeness (QED) is 0.640. The third-order valence-corrected chi connectivity index (χ3v) is 4.69. The monoisotopic (exact) mass is 350 g/mol. The second kappa shape index (κ2) is 7.08. The van der Waals surface area contributed by atoms with Crippen molar-refractivity contribution in [2.45, 2.75) is 37.0 Å². The van der Waals surface area contributed by atoms with Crippen LogP contribution in [-0.2, 0) is 11.2 Å². The van der Waals surface area contributed by atoms with Gasteiger partial charge in [0.15, 0.2) is 0 Å². The minimum atomic E-state index is 0.110. The fourth-order valence-electron chi connectivity index (χ4n) is 2.27. The topological polar surface area (TPSA) is 75.6 Å². The highest BCUT2D eigenvalue weighted by Gasteiger charge is 2.15. The SMILES string of the molecule is CC(C)(C)c1ccc(-c2noc(CSc3ncccc3C#N)n2)cc1. The van der Waals surface area contributed by atoms with Gasteiger partial charge in [0.25, 0.3) is 0 Å². The molecule has 0 N–H and O–H groups in total.